The Balaban J connectivity index is 1.32. The fourth-order valence-corrected chi connectivity index (χ4v) is 5.70. The van der Waals surface area contributed by atoms with Crippen molar-refractivity contribution in [3.63, 3.8) is 0 Å². The summed E-state index contributed by atoms with van der Waals surface area (Å²) in [6, 6.07) is 0.785. The maximum atomic E-state index is 5.77. The van der Waals surface area contributed by atoms with Crippen molar-refractivity contribution in [1.82, 2.24) is 5.32 Å². The molecule has 0 aromatic heterocycles. The topological polar surface area (TPSA) is 21.3 Å². The molecule has 102 valence electrons. The van der Waals surface area contributed by atoms with Gasteiger partial charge in [-0.2, -0.15) is 0 Å². The molecule has 18 heavy (non-hydrogen) atoms. The molecule has 2 nitrogen and oxygen atoms in total. The van der Waals surface area contributed by atoms with Gasteiger partial charge in [-0.1, -0.05) is 0 Å². The lowest BCUT2D eigenvalue weighted by Gasteiger charge is -2.21. The molecule has 0 aromatic carbocycles. The van der Waals surface area contributed by atoms with Gasteiger partial charge in [0.05, 0.1) is 6.10 Å². The summed E-state index contributed by atoms with van der Waals surface area (Å²) in [5.74, 6) is 5.49. The summed E-state index contributed by atoms with van der Waals surface area (Å²) in [6.45, 7) is 1.01. The Morgan fingerprint density at radius 2 is 1.94 bits per heavy atom. The van der Waals surface area contributed by atoms with E-state index in [-0.39, 0.29) is 0 Å². The highest BCUT2D eigenvalue weighted by Gasteiger charge is 2.66. The molecule has 6 atom stereocenters. The number of ether oxygens (including phenoxy) is 1. The predicted molar refractivity (Wildman–Crippen MR) is 72.4 cm³/mol. The lowest BCUT2D eigenvalue weighted by molar-refractivity contribution is 0.0983. The highest BCUT2D eigenvalue weighted by molar-refractivity contribution is 5.15. The summed E-state index contributed by atoms with van der Waals surface area (Å²) in [4.78, 5) is 0. The van der Waals surface area contributed by atoms with E-state index >= 15 is 0 Å². The molecule has 3 aliphatic carbocycles. The van der Waals surface area contributed by atoms with Gasteiger partial charge in [-0.25, -0.2) is 0 Å². The van der Waals surface area contributed by atoms with Gasteiger partial charge in [-0.05, 0) is 81.6 Å². The average molecular weight is 249 g/mol. The number of rotatable bonds is 5. The van der Waals surface area contributed by atoms with Crippen LogP contribution in [0.3, 0.4) is 0 Å². The molecule has 4 rings (SSSR count). The van der Waals surface area contributed by atoms with E-state index in [0.717, 1.165) is 42.2 Å². The molecule has 0 aromatic rings. The number of hydrogen-bond donors (Lipinski definition) is 1. The molecule has 2 heteroatoms. The summed E-state index contributed by atoms with van der Waals surface area (Å²) in [5.41, 5.74) is 0. The maximum absolute atomic E-state index is 5.77. The SMILES string of the molecule is CNC(CCC1CCCO1)C1C2C3CCC(C3)C21. The summed E-state index contributed by atoms with van der Waals surface area (Å²) in [5, 5.41) is 3.63. The van der Waals surface area contributed by atoms with Crippen molar-refractivity contribution in [3.8, 4) is 0 Å². The van der Waals surface area contributed by atoms with Crippen LogP contribution in [-0.4, -0.2) is 25.8 Å². The van der Waals surface area contributed by atoms with Crippen molar-refractivity contribution < 1.29 is 4.74 Å². The Hall–Kier alpha value is -0.0800. The zero-order valence-electron chi connectivity index (χ0n) is 11.6. The monoisotopic (exact) mass is 249 g/mol. The molecule has 0 amide bonds. The smallest absolute Gasteiger partial charge is 0.0576 e. The zero-order chi connectivity index (χ0) is 12.1. The Morgan fingerprint density at radius 3 is 2.56 bits per heavy atom. The first kappa shape index (κ1) is 11.7. The Kier molecular flexibility index (Phi) is 2.92. The van der Waals surface area contributed by atoms with E-state index < -0.39 is 0 Å². The molecule has 0 radical (unpaired) electrons. The Bertz CT molecular complexity index is 296. The van der Waals surface area contributed by atoms with Crippen LogP contribution in [-0.2, 0) is 4.74 Å². The second kappa shape index (κ2) is 4.49. The van der Waals surface area contributed by atoms with E-state index in [9.17, 15) is 0 Å². The van der Waals surface area contributed by atoms with E-state index in [1.807, 2.05) is 0 Å². The van der Waals surface area contributed by atoms with E-state index in [1.165, 1.54) is 25.7 Å². The van der Waals surface area contributed by atoms with E-state index in [4.69, 9.17) is 4.74 Å². The fourth-order valence-electron chi connectivity index (χ4n) is 5.70. The second-order valence-corrected chi connectivity index (χ2v) is 7.17. The Morgan fingerprint density at radius 1 is 1.17 bits per heavy atom. The second-order valence-electron chi connectivity index (χ2n) is 7.17. The minimum absolute atomic E-state index is 0.580. The van der Waals surface area contributed by atoms with Gasteiger partial charge in [-0.15, -0.1) is 0 Å². The molecule has 1 aliphatic heterocycles. The fraction of sp³-hybridized carbons (Fsp3) is 1.00. The lowest BCUT2D eigenvalue weighted by Crippen LogP contribution is -2.31. The standard InChI is InChI=1S/C16H27NO/c1-17-13(7-6-12-3-2-8-18-12)16-14-10-4-5-11(9-10)15(14)16/h10-17H,2-9H2,1H3. The van der Waals surface area contributed by atoms with Gasteiger partial charge in [0.15, 0.2) is 0 Å². The summed E-state index contributed by atoms with van der Waals surface area (Å²) in [7, 11) is 2.18. The van der Waals surface area contributed by atoms with Crippen molar-refractivity contribution >= 4 is 0 Å². The predicted octanol–water partition coefficient (Wildman–Crippen LogP) is 2.83. The van der Waals surface area contributed by atoms with E-state index in [1.54, 1.807) is 19.3 Å². The zero-order valence-corrected chi connectivity index (χ0v) is 11.6. The van der Waals surface area contributed by atoms with Crippen LogP contribution in [0.25, 0.3) is 0 Å². The van der Waals surface area contributed by atoms with Crippen LogP contribution in [0.5, 0.6) is 0 Å². The number of nitrogens with one attached hydrogen (secondary N) is 1. The van der Waals surface area contributed by atoms with Gasteiger partial charge in [0.1, 0.15) is 0 Å². The van der Waals surface area contributed by atoms with E-state index in [0.29, 0.717) is 6.10 Å². The molecule has 4 fully saturated rings. The molecule has 3 saturated carbocycles. The molecular weight excluding hydrogens is 222 g/mol. The van der Waals surface area contributed by atoms with Crippen LogP contribution >= 0.6 is 0 Å². The van der Waals surface area contributed by atoms with Gasteiger partial charge < -0.3 is 10.1 Å². The van der Waals surface area contributed by atoms with Crippen LogP contribution in [0.1, 0.15) is 44.9 Å². The molecule has 6 unspecified atom stereocenters. The number of hydrogen-bond acceptors (Lipinski definition) is 2. The summed E-state index contributed by atoms with van der Waals surface area (Å²) < 4.78 is 5.77. The van der Waals surface area contributed by atoms with Crippen LogP contribution in [0.4, 0.5) is 0 Å². The molecule has 1 saturated heterocycles. The normalized spacial score (nSPS) is 50.5. The first-order chi connectivity index (χ1) is 8.88. The van der Waals surface area contributed by atoms with Crippen molar-refractivity contribution in [2.45, 2.75) is 57.1 Å². The lowest BCUT2D eigenvalue weighted by atomic mass is 9.94. The molecule has 1 N–H and O–H groups in total. The third-order valence-corrected chi connectivity index (χ3v) is 6.45. The first-order valence-corrected chi connectivity index (χ1v) is 8.17. The summed E-state index contributed by atoms with van der Waals surface area (Å²) in [6.07, 6.45) is 10.5. The Labute approximate surface area is 111 Å². The highest BCUT2D eigenvalue weighted by atomic mass is 16.5. The van der Waals surface area contributed by atoms with Crippen LogP contribution < -0.4 is 5.32 Å². The van der Waals surface area contributed by atoms with Gasteiger partial charge in [0.25, 0.3) is 0 Å². The highest BCUT2D eigenvalue weighted by Crippen LogP contribution is 2.70. The minimum atomic E-state index is 0.580. The van der Waals surface area contributed by atoms with Crippen molar-refractivity contribution in [2.75, 3.05) is 13.7 Å². The average Bonchev–Trinajstić information content (AvgIpc) is 2.84. The summed E-state index contributed by atoms with van der Waals surface area (Å²) >= 11 is 0. The van der Waals surface area contributed by atoms with Crippen molar-refractivity contribution in [1.29, 1.82) is 0 Å². The van der Waals surface area contributed by atoms with Crippen LogP contribution in [0, 0.1) is 29.6 Å². The van der Waals surface area contributed by atoms with Crippen LogP contribution in [0.2, 0.25) is 0 Å². The quantitative estimate of drug-likeness (QED) is 0.809. The van der Waals surface area contributed by atoms with Crippen molar-refractivity contribution in [2.24, 2.45) is 29.6 Å². The molecule has 2 bridgehead atoms. The van der Waals surface area contributed by atoms with Gasteiger partial charge in [-0.3, -0.25) is 0 Å². The van der Waals surface area contributed by atoms with Gasteiger partial charge >= 0.3 is 0 Å². The van der Waals surface area contributed by atoms with Crippen LogP contribution in [0.15, 0.2) is 0 Å². The van der Waals surface area contributed by atoms with Gasteiger partial charge in [0.2, 0.25) is 0 Å². The maximum Gasteiger partial charge on any atom is 0.0576 e. The first-order valence-electron chi connectivity index (χ1n) is 8.17. The van der Waals surface area contributed by atoms with Crippen molar-refractivity contribution in [3.05, 3.63) is 0 Å². The largest absolute Gasteiger partial charge is 0.378 e. The van der Waals surface area contributed by atoms with E-state index in [2.05, 4.69) is 12.4 Å². The minimum Gasteiger partial charge on any atom is -0.378 e. The third-order valence-electron chi connectivity index (χ3n) is 6.45. The third kappa shape index (κ3) is 1.76. The molecular formula is C16H27NO. The van der Waals surface area contributed by atoms with Gasteiger partial charge in [0, 0.05) is 12.6 Å². The molecule has 4 aliphatic rings. The molecule has 1 heterocycles. The number of fused-ring (bicyclic) bond motifs is 5. The molecule has 0 spiro atoms.